The fourth-order valence-electron chi connectivity index (χ4n) is 3.81. The van der Waals surface area contributed by atoms with Crippen molar-refractivity contribution in [2.24, 2.45) is 0 Å². The average Bonchev–Trinajstić information content (AvgIpc) is 2.86. The fourth-order valence-corrected chi connectivity index (χ4v) is 3.99. The number of carboxylic acids is 1. The highest BCUT2D eigenvalue weighted by atomic mass is 35.5. The molecule has 8 nitrogen and oxygen atoms in total. The zero-order valence-electron chi connectivity index (χ0n) is 19.0. The first kappa shape index (κ1) is 24.3. The second kappa shape index (κ2) is 10.6. The predicted octanol–water partition coefficient (Wildman–Crippen LogP) is 4.69. The molecule has 3 aromatic carbocycles. The number of hydrogen-bond acceptors (Lipinski definition) is 5. The van der Waals surface area contributed by atoms with Crippen molar-refractivity contribution in [1.82, 2.24) is 0 Å². The van der Waals surface area contributed by atoms with Crippen LogP contribution in [0, 0.1) is 6.92 Å². The van der Waals surface area contributed by atoms with Crippen molar-refractivity contribution >= 4 is 46.4 Å². The number of hydrogen-bond donors (Lipinski definition) is 3. The minimum Gasteiger partial charge on any atom is -0.478 e. The molecule has 0 radical (unpaired) electrons. The minimum atomic E-state index is -1.20. The number of aromatic carboxylic acids is 1. The summed E-state index contributed by atoms with van der Waals surface area (Å²) in [6, 6.07) is 16.2. The molecule has 3 aromatic rings. The summed E-state index contributed by atoms with van der Waals surface area (Å²) in [5.41, 5.74) is 2.77. The zero-order valence-corrected chi connectivity index (χ0v) is 19.8. The molecular formula is C26H24ClN3O5. The lowest BCUT2D eigenvalue weighted by Gasteiger charge is -2.30. The van der Waals surface area contributed by atoms with Crippen LogP contribution in [0.25, 0.3) is 0 Å². The highest BCUT2D eigenvalue weighted by Crippen LogP contribution is 2.28. The maximum absolute atomic E-state index is 13.3. The van der Waals surface area contributed by atoms with E-state index in [0.717, 1.165) is 5.56 Å². The topological polar surface area (TPSA) is 108 Å². The summed E-state index contributed by atoms with van der Waals surface area (Å²) < 4.78 is 5.44. The van der Waals surface area contributed by atoms with E-state index in [1.807, 2.05) is 17.9 Å². The Hall–Kier alpha value is -3.88. The van der Waals surface area contributed by atoms with Crippen molar-refractivity contribution in [3.8, 4) is 0 Å². The van der Waals surface area contributed by atoms with Crippen molar-refractivity contribution < 1.29 is 24.2 Å². The maximum Gasteiger partial charge on any atom is 0.336 e. The predicted molar refractivity (Wildman–Crippen MR) is 135 cm³/mol. The Morgan fingerprint density at radius 2 is 1.46 bits per heavy atom. The van der Waals surface area contributed by atoms with Gasteiger partial charge in [-0.25, -0.2) is 4.79 Å². The lowest BCUT2D eigenvalue weighted by molar-refractivity contribution is 0.0692. The van der Waals surface area contributed by atoms with Crippen molar-refractivity contribution in [3.05, 3.63) is 87.9 Å². The van der Waals surface area contributed by atoms with Gasteiger partial charge in [-0.3, -0.25) is 9.59 Å². The van der Waals surface area contributed by atoms with E-state index in [4.69, 9.17) is 16.3 Å². The van der Waals surface area contributed by atoms with E-state index in [9.17, 15) is 19.5 Å². The second-order valence-electron chi connectivity index (χ2n) is 8.05. The van der Waals surface area contributed by atoms with Gasteiger partial charge >= 0.3 is 5.97 Å². The molecule has 35 heavy (non-hydrogen) atoms. The summed E-state index contributed by atoms with van der Waals surface area (Å²) in [4.78, 5) is 39.7. The van der Waals surface area contributed by atoms with Crippen LogP contribution >= 0.6 is 11.6 Å². The van der Waals surface area contributed by atoms with E-state index in [2.05, 4.69) is 10.6 Å². The molecule has 1 fully saturated rings. The lowest BCUT2D eigenvalue weighted by atomic mass is 10.1. The monoisotopic (exact) mass is 493 g/mol. The minimum absolute atomic E-state index is 0.0255. The smallest absolute Gasteiger partial charge is 0.336 e. The van der Waals surface area contributed by atoms with Gasteiger partial charge in [-0.05, 0) is 55.0 Å². The molecular weight excluding hydrogens is 470 g/mol. The third-order valence-electron chi connectivity index (χ3n) is 5.68. The number of nitrogens with one attached hydrogen (secondary N) is 2. The number of anilines is 3. The Morgan fingerprint density at radius 3 is 2.11 bits per heavy atom. The molecule has 0 aromatic heterocycles. The Bertz CT molecular complexity index is 1290. The van der Waals surface area contributed by atoms with Crippen molar-refractivity contribution in [2.75, 3.05) is 41.8 Å². The molecule has 1 saturated heterocycles. The number of nitrogens with zero attached hydrogens (tertiary/aromatic N) is 1. The molecule has 9 heteroatoms. The van der Waals surface area contributed by atoms with Crippen LogP contribution < -0.4 is 15.5 Å². The van der Waals surface area contributed by atoms with Gasteiger partial charge in [-0.2, -0.15) is 0 Å². The molecule has 1 aliphatic heterocycles. The third-order valence-corrected chi connectivity index (χ3v) is 6.09. The van der Waals surface area contributed by atoms with Crippen LogP contribution in [0.3, 0.4) is 0 Å². The van der Waals surface area contributed by atoms with E-state index >= 15 is 0 Å². The number of carboxylic acid groups (broad SMARTS) is 1. The van der Waals surface area contributed by atoms with Crippen molar-refractivity contribution in [3.63, 3.8) is 0 Å². The number of carbonyl (C=O) groups excluding carboxylic acids is 2. The SMILES string of the molecule is Cc1ccc(NC(=O)c2cc(NC(=O)c3ccccc3C(=O)O)ccc2N2CCOCC2)cc1Cl. The third kappa shape index (κ3) is 5.62. The Morgan fingerprint density at radius 1 is 0.857 bits per heavy atom. The summed E-state index contributed by atoms with van der Waals surface area (Å²) in [5, 5.41) is 15.5. The molecule has 0 bridgehead atoms. The van der Waals surface area contributed by atoms with Crippen LogP contribution in [-0.2, 0) is 4.74 Å². The highest BCUT2D eigenvalue weighted by molar-refractivity contribution is 6.31. The van der Waals surface area contributed by atoms with E-state index in [-0.39, 0.29) is 17.0 Å². The Kier molecular flexibility index (Phi) is 7.33. The molecule has 0 saturated carbocycles. The Balaban J connectivity index is 1.65. The van der Waals surface area contributed by atoms with Gasteiger partial charge in [0.05, 0.1) is 29.9 Å². The summed E-state index contributed by atoms with van der Waals surface area (Å²) in [5.74, 6) is -2.15. The number of halogens is 1. The largest absolute Gasteiger partial charge is 0.478 e. The van der Waals surface area contributed by atoms with Gasteiger partial charge in [-0.1, -0.05) is 29.8 Å². The fraction of sp³-hybridized carbons (Fsp3) is 0.192. The first-order chi connectivity index (χ1) is 16.8. The summed E-state index contributed by atoms with van der Waals surface area (Å²) in [6.45, 7) is 4.19. The van der Waals surface area contributed by atoms with Crippen LogP contribution in [0.15, 0.2) is 60.7 Å². The van der Waals surface area contributed by atoms with Gasteiger partial charge in [0.15, 0.2) is 0 Å². The molecule has 4 rings (SSSR count). The van der Waals surface area contributed by atoms with Crippen LogP contribution in [0.5, 0.6) is 0 Å². The van der Waals surface area contributed by atoms with E-state index in [0.29, 0.717) is 54.0 Å². The molecule has 1 aliphatic rings. The number of aryl methyl sites for hydroxylation is 1. The van der Waals surface area contributed by atoms with Crippen molar-refractivity contribution in [2.45, 2.75) is 6.92 Å². The molecule has 0 atom stereocenters. The number of amides is 2. The summed E-state index contributed by atoms with van der Waals surface area (Å²) in [7, 11) is 0. The number of morpholine rings is 1. The lowest BCUT2D eigenvalue weighted by Crippen LogP contribution is -2.37. The van der Waals surface area contributed by atoms with Gasteiger partial charge in [0.1, 0.15) is 0 Å². The van der Waals surface area contributed by atoms with Crippen LogP contribution in [0.4, 0.5) is 17.1 Å². The van der Waals surface area contributed by atoms with Gasteiger partial charge in [-0.15, -0.1) is 0 Å². The standard InChI is InChI=1S/C26H24ClN3O5/c1-16-6-7-18(15-22(16)27)29-25(32)21-14-17(8-9-23(21)30-10-12-35-13-11-30)28-24(31)19-4-2-3-5-20(19)26(33)34/h2-9,14-15H,10-13H2,1H3,(H,28,31)(H,29,32)(H,33,34). The van der Waals surface area contributed by atoms with E-state index in [1.54, 1.807) is 42.5 Å². The van der Waals surface area contributed by atoms with E-state index in [1.165, 1.54) is 12.1 Å². The van der Waals surface area contributed by atoms with Gasteiger partial charge in [0.25, 0.3) is 11.8 Å². The summed E-state index contributed by atoms with van der Waals surface area (Å²) in [6.07, 6.45) is 0. The normalized spacial score (nSPS) is 13.3. The second-order valence-corrected chi connectivity index (χ2v) is 8.46. The number of benzene rings is 3. The molecule has 3 N–H and O–H groups in total. The van der Waals surface area contributed by atoms with Crippen LogP contribution in [-0.4, -0.2) is 49.2 Å². The molecule has 0 unspecified atom stereocenters. The Labute approximate surface area is 207 Å². The molecule has 0 aliphatic carbocycles. The van der Waals surface area contributed by atoms with E-state index < -0.39 is 11.9 Å². The zero-order chi connectivity index (χ0) is 24.9. The van der Waals surface area contributed by atoms with Gasteiger partial charge in [0.2, 0.25) is 0 Å². The molecule has 2 amide bonds. The van der Waals surface area contributed by atoms with Crippen LogP contribution in [0.2, 0.25) is 5.02 Å². The number of ether oxygens (including phenoxy) is 1. The summed E-state index contributed by atoms with van der Waals surface area (Å²) >= 11 is 6.21. The molecule has 180 valence electrons. The highest BCUT2D eigenvalue weighted by Gasteiger charge is 2.21. The quantitative estimate of drug-likeness (QED) is 0.460. The number of rotatable bonds is 6. The average molecular weight is 494 g/mol. The van der Waals surface area contributed by atoms with Gasteiger partial charge in [0, 0.05) is 35.2 Å². The first-order valence-electron chi connectivity index (χ1n) is 11.0. The van der Waals surface area contributed by atoms with Gasteiger partial charge < -0.3 is 25.4 Å². The number of carbonyl (C=O) groups is 3. The van der Waals surface area contributed by atoms with Crippen molar-refractivity contribution in [1.29, 1.82) is 0 Å². The maximum atomic E-state index is 13.3. The van der Waals surface area contributed by atoms with Crippen LogP contribution in [0.1, 0.15) is 36.6 Å². The first-order valence-corrected chi connectivity index (χ1v) is 11.4. The molecule has 1 heterocycles. The molecule has 0 spiro atoms.